The average Bonchev–Trinajstić information content (AvgIpc) is 3.33. The highest BCUT2D eigenvalue weighted by Crippen LogP contribution is 2.49. The van der Waals surface area contributed by atoms with Gasteiger partial charge in [0.1, 0.15) is 17.9 Å². The molecule has 30 heavy (non-hydrogen) atoms. The topological polar surface area (TPSA) is 83.1 Å². The first-order chi connectivity index (χ1) is 14.5. The van der Waals surface area contributed by atoms with Crippen molar-refractivity contribution in [3.63, 3.8) is 0 Å². The van der Waals surface area contributed by atoms with Gasteiger partial charge in [-0.25, -0.2) is 0 Å². The first-order valence-corrected chi connectivity index (χ1v) is 10.7. The molecule has 5 atom stereocenters. The molecule has 0 bridgehead atoms. The maximum atomic E-state index is 13.6. The summed E-state index contributed by atoms with van der Waals surface area (Å²) < 4.78 is 0. The zero-order valence-corrected chi connectivity index (χ0v) is 17.2. The zero-order valence-electron chi connectivity index (χ0n) is 17.2. The molecule has 2 aromatic rings. The molecule has 2 fully saturated rings. The number of imide groups is 1. The van der Waals surface area contributed by atoms with E-state index in [1.165, 1.54) is 4.90 Å². The molecule has 0 radical (unpaired) electrons. The van der Waals surface area contributed by atoms with E-state index in [0.717, 1.165) is 16.8 Å². The first kappa shape index (κ1) is 19.0. The first-order valence-electron chi connectivity index (χ1n) is 10.7. The minimum atomic E-state index is -1.09. The highest BCUT2D eigenvalue weighted by atomic mass is 16.2. The Balaban J connectivity index is 1.64. The second-order valence-corrected chi connectivity index (χ2v) is 8.70. The number of carbonyl (C=O) groups excluding carboxylic acids is 3. The SMILES string of the molecule is CC[C@H](C)N1C(=O)[C@@H]2[C@H](Cc3ccccc3)[NH2+][C@@]3(C(=O)Nc4ccccc43)[C@@H]2C1=O. The molecule has 0 unspecified atom stereocenters. The molecule has 2 aromatic carbocycles. The van der Waals surface area contributed by atoms with Gasteiger partial charge < -0.3 is 10.6 Å². The van der Waals surface area contributed by atoms with Crippen molar-refractivity contribution >= 4 is 23.4 Å². The molecule has 3 heterocycles. The standard InChI is InChI=1S/C24H25N3O3/c1-3-14(2)27-21(28)19-18(13-15-9-5-4-6-10-15)26-24(20(19)22(27)29)16-11-7-8-12-17(16)25-23(24)30/h4-12,14,18-20,26H,3,13H2,1-2H3,(H,25,30)/p+1/t14-,18-,19+,20-,24+/m0/s1. The van der Waals surface area contributed by atoms with Crippen molar-refractivity contribution in [1.29, 1.82) is 0 Å². The third kappa shape index (κ3) is 2.43. The minimum Gasteiger partial charge on any atom is -0.326 e. The summed E-state index contributed by atoms with van der Waals surface area (Å²) in [5.41, 5.74) is 1.56. The lowest BCUT2D eigenvalue weighted by Gasteiger charge is -2.28. The van der Waals surface area contributed by atoms with Crippen molar-refractivity contribution in [2.24, 2.45) is 11.8 Å². The van der Waals surface area contributed by atoms with Gasteiger partial charge in [0.25, 0.3) is 5.91 Å². The van der Waals surface area contributed by atoms with Gasteiger partial charge >= 0.3 is 0 Å². The molecule has 6 heteroatoms. The highest BCUT2D eigenvalue weighted by molar-refractivity contribution is 6.14. The molecular weight excluding hydrogens is 378 g/mol. The number of benzene rings is 2. The fourth-order valence-corrected chi connectivity index (χ4v) is 5.63. The van der Waals surface area contributed by atoms with Crippen molar-refractivity contribution in [3.8, 4) is 0 Å². The molecule has 0 aromatic heterocycles. The Kier molecular flexibility index (Phi) is 4.29. The lowest BCUT2D eigenvalue weighted by Crippen LogP contribution is -2.99. The summed E-state index contributed by atoms with van der Waals surface area (Å²) in [4.78, 5) is 41.9. The number of nitrogens with two attached hydrogens (primary N) is 1. The van der Waals surface area contributed by atoms with Gasteiger partial charge in [0.05, 0.1) is 5.69 Å². The van der Waals surface area contributed by atoms with Crippen LogP contribution in [-0.2, 0) is 26.3 Å². The normalized spacial score (nSPS) is 30.5. The van der Waals surface area contributed by atoms with Crippen LogP contribution >= 0.6 is 0 Å². The molecule has 3 aliphatic heterocycles. The third-order valence-corrected chi connectivity index (χ3v) is 7.16. The third-order valence-electron chi connectivity index (χ3n) is 7.16. The van der Waals surface area contributed by atoms with Gasteiger partial charge in [0.2, 0.25) is 17.4 Å². The molecule has 154 valence electrons. The lowest BCUT2D eigenvalue weighted by atomic mass is 9.76. The lowest BCUT2D eigenvalue weighted by molar-refractivity contribution is -0.733. The molecule has 2 saturated heterocycles. The fourth-order valence-electron chi connectivity index (χ4n) is 5.63. The number of para-hydroxylation sites is 1. The van der Waals surface area contributed by atoms with Crippen LogP contribution in [0.15, 0.2) is 54.6 Å². The summed E-state index contributed by atoms with van der Waals surface area (Å²) in [6.45, 7) is 3.88. The van der Waals surface area contributed by atoms with Crippen LogP contribution in [0.4, 0.5) is 5.69 Å². The monoisotopic (exact) mass is 404 g/mol. The number of anilines is 1. The van der Waals surface area contributed by atoms with E-state index in [4.69, 9.17) is 0 Å². The molecule has 1 spiro atoms. The maximum Gasteiger partial charge on any atom is 0.291 e. The number of quaternary nitrogens is 1. The molecule has 6 nitrogen and oxygen atoms in total. The summed E-state index contributed by atoms with van der Waals surface area (Å²) in [6.07, 6.45) is 1.33. The van der Waals surface area contributed by atoms with E-state index in [1.54, 1.807) is 0 Å². The van der Waals surface area contributed by atoms with E-state index in [0.29, 0.717) is 12.8 Å². The fraction of sp³-hybridized carbons (Fsp3) is 0.375. The number of hydrogen-bond acceptors (Lipinski definition) is 3. The van der Waals surface area contributed by atoms with Gasteiger partial charge in [-0.3, -0.25) is 19.3 Å². The van der Waals surface area contributed by atoms with E-state index in [1.807, 2.05) is 73.8 Å². The van der Waals surface area contributed by atoms with Crippen molar-refractivity contribution in [2.75, 3.05) is 5.32 Å². The van der Waals surface area contributed by atoms with Gasteiger partial charge in [-0.05, 0) is 25.0 Å². The number of hydrogen-bond donors (Lipinski definition) is 2. The molecule has 3 N–H and O–H groups in total. The van der Waals surface area contributed by atoms with Crippen molar-refractivity contribution < 1.29 is 19.7 Å². The molecule has 0 aliphatic carbocycles. The van der Waals surface area contributed by atoms with Crippen molar-refractivity contribution in [2.45, 2.75) is 44.3 Å². The number of amides is 3. The predicted molar refractivity (Wildman–Crippen MR) is 111 cm³/mol. The smallest absolute Gasteiger partial charge is 0.291 e. The quantitative estimate of drug-likeness (QED) is 0.756. The Morgan fingerprint density at radius 1 is 1.03 bits per heavy atom. The Morgan fingerprint density at radius 3 is 2.47 bits per heavy atom. The number of nitrogens with one attached hydrogen (secondary N) is 1. The molecule has 0 saturated carbocycles. The number of rotatable bonds is 4. The minimum absolute atomic E-state index is 0.134. The van der Waals surface area contributed by atoms with Crippen molar-refractivity contribution in [1.82, 2.24) is 4.90 Å². The van der Waals surface area contributed by atoms with Crippen LogP contribution < -0.4 is 10.6 Å². The summed E-state index contributed by atoms with van der Waals surface area (Å²) in [6, 6.07) is 17.2. The Labute approximate surface area is 175 Å². The van der Waals surface area contributed by atoms with Crippen molar-refractivity contribution in [3.05, 3.63) is 65.7 Å². The van der Waals surface area contributed by atoms with Gasteiger partial charge in [0.15, 0.2) is 0 Å². The maximum absolute atomic E-state index is 13.6. The van der Waals surface area contributed by atoms with Gasteiger partial charge in [-0.2, -0.15) is 0 Å². The van der Waals surface area contributed by atoms with Crippen LogP contribution in [0.25, 0.3) is 0 Å². The van der Waals surface area contributed by atoms with Gasteiger partial charge in [0, 0.05) is 18.0 Å². The molecular formula is C24H26N3O3+. The Bertz CT molecular complexity index is 1040. The second kappa shape index (κ2) is 6.77. The summed E-state index contributed by atoms with van der Waals surface area (Å²) >= 11 is 0. The van der Waals surface area contributed by atoms with Crippen LogP contribution in [-0.4, -0.2) is 34.7 Å². The molecule has 5 rings (SSSR count). The van der Waals surface area contributed by atoms with Crippen LogP contribution in [0.2, 0.25) is 0 Å². The van der Waals surface area contributed by atoms with E-state index in [-0.39, 0.29) is 29.8 Å². The summed E-state index contributed by atoms with van der Waals surface area (Å²) in [7, 11) is 0. The van der Waals surface area contributed by atoms with E-state index >= 15 is 0 Å². The number of nitrogens with zero attached hydrogens (tertiary/aromatic N) is 1. The number of fused-ring (bicyclic) bond motifs is 4. The average molecular weight is 404 g/mol. The van der Waals surface area contributed by atoms with Crippen LogP contribution in [0.5, 0.6) is 0 Å². The Hall–Kier alpha value is -2.99. The largest absolute Gasteiger partial charge is 0.326 e. The van der Waals surface area contributed by atoms with Gasteiger partial charge in [-0.15, -0.1) is 0 Å². The highest BCUT2D eigenvalue weighted by Gasteiger charge is 2.74. The summed E-state index contributed by atoms with van der Waals surface area (Å²) in [5, 5.41) is 4.97. The molecule has 3 amide bonds. The van der Waals surface area contributed by atoms with E-state index in [2.05, 4.69) is 5.32 Å². The Morgan fingerprint density at radius 2 is 1.73 bits per heavy atom. The van der Waals surface area contributed by atoms with E-state index < -0.39 is 17.4 Å². The van der Waals surface area contributed by atoms with Crippen LogP contribution in [0, 0.1) is 11.8 Å². The zero-order chi connectivity index (χ0) is 21.0. The van der Waals surface area contributed by atoms with Gasteiger partial charge in [-0.1, -0.05) is 55.5 Å². The summed E-state index contributed by atoms with van der Waals surface area (Å²) in [5.74, 6) is -1.73. The predicted octanol–water partition coefficient (Wildman–Crippen LogP) is 1.42. The van der Waals surface area contributed by atoms with E-state index in [9.17, 15) is 14.4 Å². The number of carbonyl (C=O) groups is 3. The second-order valence-electron chi connectivity index (χ2n) is 8.70. The van der Waals surface area contributed by atoms with Crippen LogP contribution in [0.3, 0.4) is 0 Å². The molecule has 3 aliphatic rings. The number of likely N-dealkylation sites (tertiary alicyclic amines) is 1. The van der Waals surface area contributed by atoms with Crippen LogP contribution in [0.1, 0.15) is 31.4 Å².